The molecule has 1 heterocycles. The molecular weight excluding hydrogens is 254 g/mol. The lowest BCUT2D eigenvalue weighted by Crippen LogP contribution is -2.42. The lowest BCUT2D eigenvalue weighted by Gasteiger charge is -2.39. The van der Waals surface area contributed by atoms with E-state index in [1.165, 1.54) is 12.8 Å². The third-order valence-corrected chi connectivity index (χ3v) is 4.26. The quantitative estimate of drug-likeness (QED) is 0.779. The number of methoxy groups -OCH3 is 1. The van der Waals surface area contributed by atoms with Gasteiger partial charge in [-0.15, -0.1) is 0 Å². The van der Waals surface area contributed by atoms with Gasteiger partial charge in [0.15, 0.2) is 0 Å². The van der Waals surface area contributed by atoms with Gasteiger partial charge in [0.05, 0.1) is 25.4 Å². The number of ether oxygens (including phenoxy) is 2. The largest absolute Gasteiger partial charge is 0.389 e. The highest BCUT2D eigenvalue weighted by molar-refractivity contribution is 4.81. The van der Waals surface area contributed by atoms with Gasteiger partial charge in [-0.2, -0.15) is 0 Å². The second-order valence-electron chi connectivity index (χ2n) is 7.19. The van der Waals surface area contributed by atoms with Crippen LogP contribution in [-0.2, 0) is 9.47 Å². The van der Waals surface area contributed by atoms with Crippen molar-refractivity contribution >= 4 is 0 Å². The topological polar surface area (TPSA) is 41.9 Å². The van der Waals surface area contributed by atoms with E-state index in [4.69, 9.17) is 9.47 Å². The molecule has 4 nitrogen and oxygen atoms in total. The van der Waals surface area contributed by atoms with Gasteiger partial charge in [0, 0.05) is 13.7 Å². The number of hydrogen-bond acceptors (Lipinski definition) is 4. The standard InChI is InChI=1S/C16H33NO3/c1-13(11-19-5)20-12-15(18)10-17-8-6-14(7-9-17)16(2,3)4/h13-15,18H,6-12H2,1-5H3. The van der Waals surface area contributed by atoms with Crippen molar-refractivity contribution in [1.29, 1.82) is 0 Å². The van der Waals surface area contributed by atoms with Crippen molar-refractivity contribution in [1.82, 2.24) is 4.90 Å². The van der Waals surface area contributed by atoms with Gasteiger partial charge < -0.3 is 19.5 Å². The Balaban J connectivity index is 2.19. The monoisotopic (exact) mass is 287 g/mol. The molecule has 1 fully saturated rings. The van der Waals surface area contributed by atoms with Crippen LogP contribution in [0.5, 0.6) is 0 Å². The molecule has 0 radical (unpaired) electrons. The molecule has 0 bridgehead atoms. The van der Waals surface area contributed by atoms with Gasteiger partial charge in [0.1, 0.15) is 0 Å². The molecule has 0 aromatic rings. The van der Waals surface area contributed by atoms with E-state index in [1.54, 1.807) is 7.11 Å². The van der Waals surface area contributed by atoms with Crippen molar-refractivity contribution in [3.05, 3.63) is 0 Å². The Morgan fingerprint density at radius 3 is 2.30 bits per heavy atom. The predicted octanol–water partition coefficient (Wildman–Crippen LogP) is 2.16. The molecule has 2 unspecified atom stereocenters. The van der Waals surface area contributed by atoms with Crippen molar-refractivity contribution in [2.24, 2.45) is 11.3 Å². The van der Waals surface area contributed by atoms with Crippen LogP contribution < -0.4 is 0 Å². The van der Waals surface area contributed by atoms with E-state index in [1.807, 2.05) is 6.92 Å². The Bertz CT molecular complexity index is 257. The molecule has 4 heteroatoms. The van der Waals surface area contributed by atoms with E-state index >= 15 is 0 Å². The van der Waals surface area contributed by atoms with Gasteiger partial charge in [-0.1, -0.05) is 20.8 Å². The SMILES string of the molecule is COCC(C)OCC(O)CN1CCC(C(C)(C)C)CC1. The summed E-state index contributed by atoms with van der Waals surface area (Å²) >= 11 is 0. The van der Waals surface area contributed by atoms with E-state index in [0.29, 0.717) is 18.6 Å². The third-order valence-electron chi connectivity index (χ3n) is 4.26. The first-order chi connectivity index (χ1) is 9.32. The lowest BCUT2D eigenvalue weighted by molar-refractivity contribution is -0.0430. The number of aliphatic hydroxyl groups excluding tert-OH is 1. The summed E-state index contributed by atoms with van der Waals surface area (Å²) in [5.74, 6) is 0.800. The number of aliphatic hydroxyl groups is 1. The molecule has 1 N–H and O–H groups in total. The summed E-state index contributed by atoms with van der Waals surface area (Å²) < 4.78 is 10.6. The van der Waals surface area contributed by atoms with E-state index in [-0.39, 0.29) is 6.10 Å². The van der Waals surface area contributed by atoms with Crippen molar-refractivity contribution in [3.8, 4) is 0 Å². The Kier molecular flexibility index (Phi) is 7.45. The number of β-amino-alcohol motifs (C(OH)–C–C–N with tert-alkyl or cyclic N) is 1. The maximum Gasteiger partial charge on any atom is 0.0900 e. The molecule has 20 heavy (non-hydrogen) atoms. The first-order valence-electron chi connectivity index (χ1n) is 7.84. The van der Waals surface area contributed by atoms with Gasteiger partial charge in [0.2, 0.25) is 0 Å². The molecule has 0 aromatic heterocycles. The fourth-order valence-corrected chi connectivity index (χ4v) is 2.89. The second kappa shape index (κ2) is 8.32. The van der Waals surface area contributed by atoms with Crippen LogP contribution in [0.15, 0.2) is 0 Å². The van der Waals surface area contributed by atoms with Crippen LogP contribution in [0, 0.1) is 11.3 Å². The van der Waals surface area contributed by atoms with E-state index in [2.05, 4.69) is 25.7 Å². The number of piperidine rings is 1. The molecule has 0 saturated carbocycles. The number of rotatable bonds is 7. The zero-order chi connectivity index (χ0) is 15.2. The van der Waals surface area contributed by atoms with Gasteiger partial charge in [-0.25, -0.2) is 0 Å². The summed E-state index contributed by atoms with van der Waals surface area (Å²) in [7, 11) is 1.66. The molecule has 0 amide bonds. The Labute approximate surface area is 124 Å². The lowest BCUT2D eigenvalue weighted by atomic mass is 9.75. The van der Waals surface area contributed by atoms with Crippen LogP contribution in [-0.4, -0.2) is 62.2 Å². The minimum absolute atomic E-state index is 0.0428. The highest BCUT2D eigenvalue weighted by atomic mass is 16.5. The summed E-state index contributed by atoms with van der Waals surface area (Å²) in [5, 5.41) is 10.0. The minimum Gasteiger partial charge on any atom is -0.389 e. The Morgan fingerprint density at radius 2 is 1.80 bits per heavy atom. The van der Waals surface area contributed by atoms with Crippen molar-refractivity contribution in [3.63, 3.8) is 0 Å². The molecular formula is C16H33NO3. The van der Waals surface area contributed by atoms with Gasteiger partial charge in [-0.3, -0.25) is 0 Å². The predicted molar refractivity (Wildman–Crippen MR) is 81.9 cm³/mol. The first kappa shape index (κ1) is 17.9. The van der Waals surface area contributed by atoms with E-state index in [9.17, 15) is 5.11 Å². The maximum atomic E-state index is 10.0. The average Bonchev–Trinajstić information content (AvgIpc) is 2.36. The number of likely N-dealkylation sites (tertiary alicyclic amines) is 1. The Hall–Kier alpha value is -0.160. The maximum absolute atomic E-state index is 10.0. The molecule has 1 saturated heterocycles. The minimum atomic E-state index is -0.402. The molecule has 0 aliphatic carbocycles. The number of hydrogen-bond donors (Lipinski definition) is 1. The average molecular weight is 287 g/mol. The number of nitrogens with zero attached hydrogens (tertiary/aromatic N) is 1. The highest BCUT2D eigenvalue weighted by Crippen LogP contribution is 2.34. The zero-order valence-corrected chi connectivity index (χ0v) is 13.9. The molecule has 1 rings (SSSR count). The van der Waals surface area contributed by atoms with Crippen LogP contribution in [0.3, 0.4) is 0 Å². The fourth-order valence-electron chi connectivity index (χ4n) is 2.89. The molecule has 1 aliphatic rings. The van der Waals surface area contributed by atoms with Crippen molar-refractivity contribution in [2.45, 2.75) is 52.7 Å². The van der Waals surface area contributed by atoms with Gasteiger partial charge in [0.25, 0.3) is 0 Å². The highest BCUT2D eigenvalue weighted by Gasteiger charge is 2.29. The van der Waals surface area contributed by atoms with Crippen LogP contribution in [0.2, 0.25) is 0 Å². The summed E-state index contributed by atoms with van der Waals surface area (Å²) in [6, 6.07) is 0. The first-order valence-corrected chi connectivity index (χ1v) is 7.84. The molecule has 0 aromatic carbocycles. The summed E-state index contributed by atoms with van der Waals surface area (Å²) in [4.78, 5) is 2.36. The van der Waals surface area contributed by atoms with Crippen LogP contribution in [0.4, 0.5) is 0 Å². The molecule has 120 valence electrons. The molecule has 1 aliphatic heterocycles. The van der Waals surface area contributed by atoms with E-state index in [0.717, 1.165) is 25.6 Å². The smallest absolute Gasteiger partial charge is 0.0900 e. The third kappa shape index (κ3) is 6.53. The van der Waals surface area contributed by atoms with Crippen LogP contribution in [0.25, 0.3) is 0 Å². The fraction of sp³-hybridized carbons (Fsp3) is 1.00. The van der Waals surface area contributed by atoms with Gasteiger partial charge >= 0.3 is 0 Å². The molecule has 2 atom stereocenters. The summed E-state index contributed by atoms with van der Waals surface area (Å²) in [6.45, 7) is 12.8. The molecule has 0 spiro atoms. The second-order valence-corrected chi connectivity index (χ2v) is 7.19. The van der Waals surface area contributed by atoms with Crippen molar-refractivity contribution in [2.75, 3.05) is 40.0 Å². The normalized spacial score (nSPS) is 21.9. The summed E-state index contributed by atoms with van der Waals surface area (Å²) in [6.07, 6.45) is 2.11. The van der Waals surface area contributed by atoms with Crippen LogP contribution in [0.1, 0.15) is 40.5 Å². The van der Waals surface area contributed by atoms with Crippen molar-refractivity contribution < 1.29 is 14.6 Å². The van der Waals surface area contributed by atoms with E-state index < -0.39 is 6.10 Å². The van der Waals surface area contributed by atoms with Crippen LogP contribution >= 0.6 is 0 Å². The van der Waals surface area contributed by atoms with Gasteiger partial charge in [-0.05, 0) is 44.2 Å². The zero-order valence-electron chi connectivity index (χ0n) is 13.9. The Morgan fingerprint density at radius 1 is 1.20 bits per heavy atom. The summed E-state index contributed by atoms with van der Waals surface area (Å²) in [5.41, 5.74) is 0.406.